The van der Waals surface area contributed by atoms with Crippen LogP contribution in [0.15, 0.2) is 24.3 Å². The number of hydrogen-bond donors (Lipinski definition) is 2. The van der Waals surface area contributed by atoms with E-state index >= 15 is 0 Å². The summed E-state index contributed by atoms with van der Waals surface area (Å²) in [5, 5.41) is 2.91. The van der Waals surface area contributed by atoms with Crippen LogP contribution in [0.4, 0.5) is 0 Å². The van der Waals surface area contributed by atoms with E-state index in [4.69, 9.17) is 5.73 Å². The highest BCUT2D eigenvalue weighted by Crippen LogP contribution is 2.18. The molecule has 1 aromatic rings. The van der Waals surface area contributed by atoms with E-state index in [9.17, 15) is 4.79 Å². The average Bonchev–Trinajstić information content (AvgIpc) is 2.48. The zero-order chi connectivity index (χ0) is 15.9. The van der Waals surface area contributed by atoms with Gasteiger partial charge in [0.1, 0.15) is 0 Å². The Morgan fingerprint density at radius 1 is 1.27 bits per heavy atom. The Hall–Kier alpha value is -1.39. The Labute approximate surface area is 134 Å². The molecule has 1 aliphatic rings. The molecule has 1 heterocycles. The number of benzene rings is 1. The number of nitrogens with one attached hydrogen (secondary N) is 1. The Morgan fingerprint density at radius 2 is 1.86 bits per heavy atom. The number of likely N-dealkylation sites (tertiary alicyclic amines) is 1. The van der Waals surface area contributed by atoms with Crippen molar-refractivity contribution in [1.29, 1.82) is 0 Å². The van der Waals surface area contributed by atoms with Gasteiger partial charge < -0.3 is 11.1 Å². The van der Waals surface area contributed by atoms with Crippen molar-refractivity contribution < 1.29 is 4.79 Å². The molecule has 1 unspecified atom stereocenters. The molecule has 0 aromatic heterocycles. The van der Waals surface area contributed by atoms with Gasteiger partial charge in [0.05, 0.1) is 0 Å². The number of nitrogens with two attached hydrogens (primary N) is 1. The third-order valence-corrected chi connectivity index (χ3v) is 4.30. The second-order valence-corrected chi connectivity index (χ2v) is 6.73. The predicted molar refractivity (Wildman–Crippen MR) is 90.2 cm³/mol. The summed E-state index contributed by atoms with van der Waals surface area (Å²) in [7, 11) is 0. The lowest BCUT2D eigenvalue weighted by atomic mass is 9.99. The molecule has 4 heteroatoms. The van der Waals surface area contributed by atoms with Crippen LogP contribution in [-0.4, -0.2) is 29.9 Å². The fraction of sp³-hybridized carbons (Fsp3) is 0.611. The Kier molecular flexibility index (Phi) is 6.40. The molecule has 122 valence electrons. The first-order chi connectivity index (χ1) is 10.5. The molecule has 22 heavy (non-hydrogen) atoms. The summed E-state index contributed by atoms with van der Waals surface area (Å²) in [6.07, 6.45) is 3.00. The van der Waals surface area contributed by atoms with Crippen LogP contribution in [0.25, 0.3) is 0 Å². The Balaban J connectivity index is 1.76. The molecule has 0 spiro atoms. The van der Waals surface area contributed by atoms with Gasteiger partial charge in [0.2, 0.25) is 5.91 Å². The average molecular weight is 303 g/mol. The second-order valence-electron chi connectivity index (χ2n) is 6.73. The maximum Gasteiger partial charge on any atom is 0.221 e. The molecule has 0 bridgehead atoms. The van der Waals surface area contributed by atoms with Crippen LogP contribution in [0.5, 0.6) is 0 Å². The summed E-state index contributed by atoms with van der Waals surface area (Å²) in [6.45, 7) is 8.20. The maximum absolute atomic E-state index is 11.6. The monoisotopic (exact) mass is 303 g/mol. The summed E-state index contributed by atoms with van der Waals surface area (Å²) in [5.74, 6) is 0.889. The van der Waals surface area contributed by atoms with E-state index in [1.165, 1.54) is 31.5 Å². The third-order valence-electron chi connectivity index (χ3n) is 4.30. The lowest BCUT2D eigenvalue weighted by Crippen LogP contribution is -2.32. The van der Waals surface area contributed by atoms with Crippen LogP contribution in [0.1, 0.15) is 44.2 Å². The van der Waals surface area contributed by atoms with Gasteiger partial charge in [-0.05, 0) is 49.9 Å². The molecule has 4 nitrogen and oxygen atoms in total. The molecule has 0 radical (unpaired) electrons. The van der Waals surface area contributed by atoms with E-state index in [0.29, 0.717) is 13.0 Å². The van der Waals surface area contributed by atoms with Crippen LogP contribution in [-0.2, 0) is 17.9 Å². The summed E-state index contributed by atoms with van der Waals surface area (Å²) in [6, 6.07) is 8.47. The van der Waals surface area contributed by atoms with Crippen LogP contribution >= 0.6 is 0 Å². The van der Waals surface area contributed by atoms with Crippen molar-refractivity contribution in [2.45, 2.75) is 52.2 Å². The van der Waals surface area contributed by atoms with E-state index in [2.05, 4.69) is 41.4 Å². The highest BCUT2D eigenvalue weighted by atomic mass is 16.1. The molecular formula is C18H29N3O. The molecule has 1 atom stereocenters. The lowest BCUT2D eigenvalue weighted by Gasteiger charge is -2.30. The molecule has 1 aliphatic heterocycles. The number of rotatable bonds is 6. The van der Waals surface area contributed by atoms with Crippen molar-refractivity contribution in [3.05, 3.63) is 35.4 Å². The van der Waals surface area contributed by atoms with Crippen molar-refractivity contribution in [2.24, 2.45) is 11.7 Å². The van der Waals surface area contributed by atoms with Gasteiger partial charge in [-0.2, -0.15) is 0 Å². The van der Waals surface area contributed by atoms with Crippen molar-refractivity contribution in [2.75, 3.05) is 13.1 Å². The first-order valence-electron chi connectivity index (χ1n) is 8.35. The summed E-state index contributed by atoms with van der Waals surface area (Å²) >= 11 is 0. The minimum atomic E-state index is -0.0883. The maximum atomic E-state index is 11.6. The predicted octanol–water partition coefficient (Wildman–Crippen LogP) is 2.27. The van der Waals surface area contributed by atoms with Crippen molar-refractivity contribution >= 4 is 5.91 Å². The topological polar surface area (TPSA) is 58.4 Å². The zero-order valence-corrected chi connectivity index (χ0v) is 13.8. The minimum absolute atomic E-state index is 0.0153. The zero-order valence-electron chi connectivity index (χ0n) is 13.8. The second kappa shape index (κ2) is 8.30. The molecule has 1 amide bonds. The molecule has 3 N–H and O–H groups in total. The van der Waals surface area contributed by atoms with Gasteiger partial charge in [-0.25, -0.2) is 0 Å². The van der Waals surface area contributed by atoms with Gasteiger partial charge in [-0.3, -0.25) is 9.69 Å². The van der Waals surface area contributed by atoms with E-state index in [1.807, 2.05) is 6.92 Å². The summed E-state index contributed by atoms with van der Waals surface area (Å²) in [4.78, 5) is 14.1. The summed E-state index contributed by atoms with van der Waals surface area (Å²) in [5.41, 5.74) is 8.09. The normalized spacial score (nSPS) is 18.1. The highest BCUT2D eigenvalue weighted by molar-refractivity contribution is 5.76. The molecule has 0 aliphatic carbocycles. The van der Waals surface area contributed by atoms with E-state index in [1.54, 1.807) is 0 Å². The van der Waals surface area contributed by atoms with E-state index in [-0.39, 0.29) is 11.9 Å². The van der Waals surface area contributed by atoms with Gasteiger partial charge in [-0.15, -0.1) is 0 Å². The molecule has 0 saturated carbocycles. The van der Waals surface area contributed by atoms with Crippen LogP contribution < -0.4 is 11.1 Å². The van der Waals surface area contributed by atoms with E-state index in [0.717, 1.165) is 18.0 Å². The number of carbonyl (C=O) groups is 1. The number of carbonyl (C=O) groups excluding carboxylic acids is 1. The standard InChI is InChI=1S/C18H29N3O/c1-14-7-9-21(10-8-14)13-17-5-3-16(4-6-17)12-20-18(22)11-15(2)19/h3-6,14-15H,7-13,19H2,1-2H3,(H,20,22). The minimum Gasteiger partial charge on any atom is -0.352 e. The quantitative estimate of drug-likeness (QED) is 0.847. The van der Waals surface area contributed by atoms with Gasteiger partial charge in [-0.1, -0.05) is 31.2 Å². The SMILES string of the molecule is CC(N)CC(=O)NCc1ccc(CN2CCC(C)CC2)cc1. The van der Waals surface area contributed by atoms with Gasteiger partial charge >= 0.3 is 0 Å². The smallest absolute Gasteiger partial charge is 0.221 e. The third kappa shape index (κ3) is 5.78. The van der Waals surface area contributed by atoms with Crippen LogP contribution in [0.2, 0.25) is 0 Å². The lowest BCUT2D eigenvalue weighted by molar-refractivity contribution is -0.121. The number of nitrogens with zero attached hydrogens (tertiary/aromatic N) is 1. The number of amides is 1. The molecule has 1 fully saturated rings. The first kappa shape index (κ1) is 17.0. The van der Waals surface area contributed by atoms with Crippen molar-refractivity contribution in [1.82, 2.24) is 10.2 Å². The van der Waals surface area contributed by atoms with E-state index < -0.39 is 0 Å². The van der Waals surface area contributed by atoms with Crippen molar-refractivity contribution in [3.8, 4) is 0 Å². The number of hydrogen-bond acceptors (Lipinski definition) is 3. The largest absolute Gasteiger partial charge is 0.352 e. The van der Waals surface area contributed by atoms with Crippen LogP contribution in [0.3, 0.4) is 0 Å². The summed E-state index contributed by atoms with van der Waals surface area (Å²) < 4.78 is 0. The molecule has 1 saturated heterocycles. The molecular weight excluding hydrogens is 274 g/mol. The highest BCUT2D eigenvalue weighted by Gasteiger charge is 2.15. The van der Waals surface area contributed by atoms with Crippen LogP contribution in [0, 0.1) is 5.92 Å². The molecule has 2 rings (SSSR count). The van der Waals surface area contributed by atoms with Gasteiger partial charge in [0.25, 0.3) is 0 Å². The Morgan fingerprint density at radius 3 is 2.45 bits per heavy atom. The fourth-order valence-electron chi connectivity index (χ4n) is 2.81. The first-order valence-corrected chi connectivity index (χ1v) is 8.35. The fourth-order valence-corrected chi connectivity index (χ4v) is 2.81. The van der Waals surface area contributed by atoms with Gasteiger partial charge in [0.15, 0.2) is 0 Å². The Bertz CT molecular complexity index is 462. The number of piperidine rings is 1. The van der Waals surface area contributed by atoms with Crippen molar-refractivity contribution in [3.63, 3.8) is 0 Å². The molecule has 1 aromatic carbocycles. The van der Waals surface area contributed by atoms with Gasteiger partial charge in [0, 0.05) is 25.6 Å².